The molecule has 0 N–H and O–H groups in total. The minimum atomic E-state index is -0.00583. The Hall–Kier alpha value is -1.92. The number of fused-ring (bicyclic) bond motifs is 3. The molecule has 3 aromatic rings. The Morgan fingerprint density at radius 2 is 2.00 bits per heavy atom. The van der Waals surface area contributed by atoms with E-state index in [-0.39, 0.29) is 11.3 Å². The minimum absolute atomic E-state index is 0.00583. The molecule has 0 radical (unpaired) electrons. The summed E-state index contributed by atoms with van der Waals surface area (Å²) in [6, 6.07) is 6.03. The summed E-state index contributed by atoms with van der Waals surface area (Å²) in [5.74, 6) is 0.389. The highest BCUT2D eigenvalue weighted by Gasteiger charge is 2.23. The van der Waals surface area contributed by atoms with Crippen LogP contribution in [0.1, 0.15) is 41.3 Å². The molecule has 0 aliphatic heterocycles. The number of thiophene rings is 1. The van der Waals surface area contributed by atoms with Crippen molar-refractivity contribution in [2.75, 3.05) is 5.75 Å². The predicted molar refractivity (Wildman–Crippen MR) is 113 cm³/mol. The van der Waals surface area contributed by atoms with E-state index in [1.807, 2.05) is 25.1 Å². The van der Waals surface area contributed by atoms with Gasteiger partial charge in [0.25, 0.3) is 5.56 Å². The first-order chi connectivity index (χ1) is 13.0. The second kappa shape index (κ2) is 7.24. The largest absolute Gasteiger partial charge is 0.299 e. The number of nitrogens with zero attached hydrogens (tertiary/aromatic N) is 2. The molecule has 2 aromatic heterocycles. The first-order valence-electron chi connectivity index (χ1n) is 9.23. The lowest BCUT2D eigenvalue weighted by molar-refractivity contribution is -0.114. The topological polar surface area (TPSA) is 52.0 Å². The molecule has 27 heavy (non-hydrogen) atoms. The summed E-state index contributed by atoms with van der Waals surface area (Å²) in [6.07, 6.45) is 4.30. The van der Waals surface area contributed by atoms with Gasteiger partial charge in [-0.3, -0.25) is 14.2 Å². The van der Waals surface area contributed by atoms with Gasteiger partial charge in [-0.1, -0.05) is 17.8 Å². The zero-order valence-electron chi connectivity index (χ0n) is 15.8. The third-order valence-electron chi connectivity index (χ3n) is 5.11. The van der Waals surface area contributed by atoms with E-state index in [2.05, 4.69) is 6.92 Å². The molecule has 0 unspecified atom stereocenters. The van der Waals surface area contributed by atoms with Crippen molar-refractivity contribution in [2.45, 2.75) is 51.6 Å². The average Bonchev–Trinajstić information content (AvgIpc) is 3.01. The highest BCUT2D eigenvalue weighted by molar-refractivity contribution is 7.99. The maximum atomic E-state index is 13.6. The van der Waals surface area contributed by atoms with Crippen molar-refractivity contribution in [3.05, 3.63) is 50.1 Å². The van der Waals surface area contributed by atoms with E-state index in [9.17, 15) is 9.59 Å². The summed E-state index contributed by atoms with van der Waals surface area (Å²) in [5, 5.41) is 1.38. The van der Waals surface area contributed by atoms with Gasteiger partial charge < -0.3 is 0 Å². The average molecular weight is 399 g/mol. The highest BCUT2D eigenvalue weighted by Crippen LogP contribution is 2.35. The molecule has 140 valence electrons. The van der Waals surface area contributed by atoms with Crippen LogP contribution in [0.15, 0.2) is 28.2 Å². The van der Waals surface area contributed by atoms with E-state index in [4.69, 9.17) is 4.98 Å². The molecule has 0 bridgehead atoms. The number of rotatable bonds is 4. The van der Waals surface area contributed by atoms with Crippen LogP contribution >= 0.6 is 23.1 Å². The van der Waals surface area contributed by atoms with Gasteiger partial charge in [-0.2, -0.15) is 0 Å². The standard InChI is InChI=1S/C21H22N2O2S2/c1-12-8-9-15(10-13(12)2)23-20(25)18-16-6-4-5-7-17(16)27-19(18)22-21(23)26-11-14(3)24/h8-10H,4-7,11H2,1-3H3. The first kappa shape index (κ1) is 18.4. The molecule has 1 aromatic carbocycles. The van der Waals surface area contributed by atoms with Crippen molar-refractivity contribution < 1.29 is 4.79 Å². The fraction of sp³-hybridized carbons (Fsp3) is 0.381. The van der Waals surface area contributed by atoms with Crippen LogP contribution in [0.25, 0.3) is 15.9 Å². The van der Waals surface area contributed by atoms with Gasteiger partial charge in [-0.15, -0.1) is 11.3 Å². The van der Waals surface area contributed by atoms with Crippen LogP contribution in [0, 0.1) is 13.8 Å². The number of Topliss-reactive ketones (excluding diaryl/α,β-unsaturated/α-hetero) is 1. The number of carbonyl (C=O) groups excluding carboxylic acids is 1. The van der Waals surface area contributed by atoms with Gasteiger partial charge >= 0.3 is 0 Å². The Kier molecular flexibility index (Phi) is 4.95. The summed E-state index contributed by atoms with van der Waals surface area (Å²) in [6.45, 7) is 5.67. The van der Waals surface area contributed by atoms with Crippen molar-refractivity contribution in [1.29, 1.82) is 0 Å². The van der Waals surface area contributed by atoms with Crippen LogP contribution in [-0.4, -0.2) is 21.1 Å². The van der Waals surface area contributed by atoms with Gasteiger partial charge in [0.05, 0.1) is 16.8 Å². The summed E-state index contributed by atoms with van der Waals surface area (Å²) in [7, 11) is 0. The second-order valence-corrected chi connectivity index (χ2v) is 9.21. The van der Waals surface area contributed by atoms with Gasteiger partial charge in [-0.25, -0.2) is 4.98 Å². The van der Waals surface area contributed by atoms with E-state index in [1.54, 1.807) is 22.8 Å². The van der Waals surface area contributed by atoms with Crippen LogP contribution in [-0.2, 0) is 17.6 Å². The van der Waals surface area contributed by atoms with Crippen molar-refractivity contribution in [1.82, 2.24) is 9.55 Å². The van der Waals surface area contributed by atoms with E-state index in [0.717, 1.165) is 40.7 Å². The van der Waals surface area contributed by atoms with Crippen LogP contribution in [0.4, 0.5) is 0 Å². The Morgan fingerprint density at radius 1 is 1.22 bits per heavy atom. The molecule has 0 spiro atoms. The number of carbonyl (C=O) groups is 1. The number of benzene rings is 1. The Balaban J connectivity index is 1.99. The second-order valence-electron chi connectivity index (χ2n) is 7.19. The van der Waals surface area contributed by atoms with Crippen LogP contribution in [0.2, 0.25) is 0 Å². The molecule has 0 atom stereocenters. The summed E-state index contributed by atoms with van der Waals surface area (Å²) in [5.41, 5.74) is 4.33. The molecule has 1 aliphatic carbocycles. The molecule has 0 amide bonds. The van der Waals surface area contributed by atoms with Gasteiger partial charge in [0.1, 0.15) is 10.6 Å². The molecule has 2 heterocycles. The van der Waals surface area contributed by atoms with Gasteiger partial charge in [0.2, 0.25) is 0 Å². The Morgan fingerprint density at radius 3 is 2.74 bits per heavy atom. The SMILES string of the molecule is CC(=O)CSc1nc2sc3c(c2c(=O)n1-c1ccc(C)c(C)c1)CCCC3. The van der Waals surface area contributed by atoms with Gasteiger partial charge in [0, 0.05) is 4.88 Å². The molecule has 4 nitrogen and oxygen atoms in total. The molecule has 0 saturated carbocycles. The smallest absolute Gasteiger partial charge is 0.267 e. The van der Waals surface area contributed by atoms with Gasteiger partial charge in [-0.05, 0) is 75.3 Å². The monoisotopic (exact) mass is 398 g/mol. The summed E-state index contributed by atoms with van der Waals surface area (Å²) in [4.78, 5) is 32.1. The Labute approximate surface area is 166 Å². The lowest BCUT2D eigenvalue weighted by atomic mass is 9.97. The molecular weight excluding hydrogens is 376 g/mol. The van der Waals surface area contributed by atoms with E-state index in [0.29, 0.717) is 10.9 Å². The highest BCUT2D eigenvalue weighted by atomic mass is 32.2. The van der Waals surface area contributed by atoms with Gasteiger partial charge in [0.15, 0.2) is 5.16 Å². The number of thioether (sulfide) groups is 1. The minimum Gasteiger partial charge on any atom is -0.299 e. The third-order valence-corrected chi connectivity index (χ3v) is 7.38. The maximum absolute atomic E-state index is 13.6. The zero-order chi connectivity index (χ0) is 19.1. The number of aromatic nitrogens is 2. The maximum Gasteiger partial charge on any atom is 0.267 e. The van der Waals surface area contributed by atoms with Crippen LogP contribution in [0.3, 0.4) is 0 Å². The lowest BCUT2D eigenvalue weighted by Gasteiger charge is -2.14. The third kappa shape index (κ3) is 3.36. The summed E-state index contributed by atoms with van der Waals surface area (Å²) >= 11 is 2.99. The number of hydrogen-bond acceptors (Lipinski definition) is 5. The van der Waals surface area contributed by atoms with Crippen molar-refractivity contribution >= 4 is 39.1 Å². The van der Waals surface area contributed by atoms with E-state index in [1.165, 1.54) is 34.2 Å². The van der Waals surface area contributed by atoms with Crippen molar-refractivity contribution in [3.8, 4) is 5.69 Å². The molecule has 0 fully saturated rings. The zero-order valence-corrected chi connectivity index (χ0v) is 17.4. The first-order valence-corrected chi connectivity index (χ1v) is 11.0. The number of aryl methyl sites for hydroxylation is 4. The van der Waals surface area contributed by atoms with Crippen molar-refractivity contribution in [2.24, 2.45) is 0 Å². The molecular formula is C21H22N2O2S2. The van der Waals surface area contributed by atoms with Crippen molar-refractivity contribution in [3.63, 3.8) is 0 Å². The summed E-state index contributed by atoms with van der Waals surface area (Å²) < 4.78 is 1.70. The molecule has 1 aliphatic rings. The fourth-order valence-electron chi connectivity index (χ4n) is 3.54. The lowest BCUT2D eigenvalue weighted by Crippen LogP contribution is -2.22. The normalized spacial score (nSPS) is 13.7. The van der Waals surface area contributed by atoms with Crippen LogP contribution < -0.4 is 5.56 Å². The molecule has 4 rings (SSSR count). The van der Waals surface area contributed by atoms with Crippen LogP contribution in [0.5, 0.6) is 0 Å². The molecule has 0 saturated heterocycles. The van der Waals surface area contributed by atoms with E-state index >= 15 is 0 Å². The fourth-order valence-corrected chi connectivity index (χ4v) is 5.66. The predicted octanol–water partition coefficient (Wildman–Crippen LogP) is 4.62. The van der Waals surface area contributed by atoms with E-state index < -0.39 is 0 Å². The number of ketones is 1. The number of hydrogen-bond donors (Lipinski definition) is 0. The molecule has 6 heteroatoms. The Bertz CT molecular complexity index is 1110. The quantitative estimate of drug-likeness (QED) is 0.475.